The van der Waals surface area contributed by atoms with E-state index in [9.17, 15) is 19.1 Å². The molecule has 1 unspecified atom stereocenters. The Balaban J connectivity index is 1.86. The lowest BCUT2D eigenvalue weighted by Crippen LogP contribution is -2.29. The van der Waals surface area contributed by atoms with Crippen LogP contribution in [0.25, 0.3) is 5.76 Å². The van der Waals surface area contributed by atoms with Crippen LogP contribution in [0.2, 0.25) is 0 Å². The van der Waals surface area contributed by atoms with Crippen LogP contribution < -0.4 is 0 Å². The standard InChI is InChI=1S/C23H18FN3O3/c1-14-12-16(5-6-17(14)24)21(28)19-20(18-4-2-3-9-26-18)27(23(30)22(19)29)13-15-7-10-25-11-8-15/h2-12,20,28H,13H2,1H3/b21-19-. The number of pyridine rings is 2. The molecule has 150 valence electrons. The lowest BCUT2D eigenvalue weighted by atomic mass is 9.97. The Morgan fingerprint density at radius 2 is 1.87 bits per heavy atom. The second-order valence-electron chi connectivity index (χ2n) is 7.00. The van der Waals surface area contributed by atoms with Crippen molar-refractivity contribution in [3.05, 3.63) is 101 Å². The number of nitrogens with zero attached hydrogens (tertiary/aromatic N) is 3. The van der Waals surface area contributed by atoms with E-state index in [0.29, 0.717) is 11.3 Å². The van der Waals surface area contributed by atoms with Gasteiger partial charge in [0, 0.05) is 30.7 Å². The number of aromatic nitrogens is 2. The Morgan fingerprint density at radius 1 is 1.10 bits per heavy atom. The SMILES string of the molecule is Cc1cc(/C(O)=C2/C(=O)C(=O)N(Cc3ccncc3)C2c2ccccn2)ccc1F. The zero-order valence-corrected chi connectivity index (χ0v) is 16.1. The second-order valence-corrected chi connectivity index (χ2v) is 7.00. The van der Waals surface area contributed by atoms with Gasteiger partial charge >= 0.3 is 0 Å². The first-order chi connectivity index (χ1) is 14.5. The van der Waals surface area contributed by atoms with Crippen molar-refractivity contribution in [1.82, 2.24) is 14.9 Å². The highest BCUT2D eigenvalue weighted by Crippen LogP contribution is 2.39. The molecule has 0 aliphatic carbocycles. The molecule has 1 aliphatic rings. The summed E-state index contributed by atoms with van der Waals surface area (Å²) in [5, 5.41) is 11.0. The molecule has 0 bridgehead atoms. The Kier molecular flexibility index (Phi) is 5.10. The fourth-order valence-corrected chi connectivity index (χ4v) is 3.52. The van der Waals surface area contributed by atoms with Crippen molar-refractivity contribution in [1.29, 1.82) is 0 Å². The van der Waals surface area contributed by atoms with Crippen molar-refractivity contribution in [3.63, 3.8) is 0 Å². The molecule has 1 aromatic carbocycles. The number of aryl methyl sites for hydroxylation is 1. The lowest BCUT2D eigenvalue weighted by molar-refractivity contribution is -0.140. The maximum absolute atomic E-state index is 13.7. The average molecular weight is 403 g/mol. The molecule has 6 nitrogen and oxygen atoms in total. The van der Waals surface area contributed by atoms with Crippen LogP contribution in [0.15, 0.2) is 72.7 Å². The van der Waals surface area contributed by atoms with Crippen molar-refractivity contribution in [2.75, 3.05) is 0 Å². The summed E-state index contributed by atoms with van der Waals surface area (Å²) in [6, 6.07) is 11.8. The number of aliphatic hydroxyl groups excluding tert-OH is 1. The number of halogens is 1. The average Bonchev–Trinajstić information content (AvgIpc) is 3.01. The predicted octanol–water partition coefficient (Wildman–Crippen LogP) is 3.55. The van der Waals surface area contributed by atoms with Gasteiger partial charge in [-0.15, -0.1) is 0 Å². The molecule has 1 aliphatic heterocycles. The molecule has 3 heterocycles. The van der Waals surface area contributed by atoms with Gasteiger partial charge in [0.2, 0.25) is 0 Å². The molecule has 2 aromatic heterocycles. The Hall–Kier alpha value is -3.87. The molecule has 0 saturated carbocycles. The Bertz CT molecular complexity index is 1150. The van der Waals surface area contributed by atoms with E-state index in [4.69, 9.17) is 0 Å². The van der Waals surface area contributed by atoms with Gasteiger partial charge in [-0.25, -0.2) is 4.39 Å². The summed E-state index contributed by atoms with van der Waals surface area (Å²) in [5.74, 6) is -2.32. The minimum atomic E-state index is -0.871. The van der Waals surface area contributed by atoms with E-state index in [1.165, 1.54) is 23.1 Å². The third-order valence-corrected chi connectivity index (χ3v) is 5.04. The molecule has 1 atom stereocenters. The number of Topliss-reactive ketones (excluding diaryl/α,β-unsaturated/α-hetero) is 1. The molecule has 1 fully saturated rings. The summed E-state index contributed by atoms with van der Waals surface area (Å²) < 4.78 is 13.7. The van der Waals surface area contributed by atoms with Crippen LogP contribution in [-0.4, -0.2) is 31.7 Å². The van der Waals surface area contributed by atoms with E-state index in [1.54, 1.807) is 55.8 Å². The lowest BCUT2D eigenvalue weighted by Gasteiger charge is -2.24. The van der Waals surface area contributed by atoms with Gasteiger partial charge in [0.15, 0.2) is 0 Å². The first kappa shape index (κ1) is 19.4. The predicted molar refractivity (Wildman–Crippen MR) is 107 cm³/mol. The van der Waals surface area contributed by atoms with Gasteiger partial charge in [-0.2, -0.15) is 0 Å². The number of ketones is 1. The zero-order chi connectivity index (χ0) is 21.3. The van der Waals surface area contributed by atoms with Gasteiger partial charge in [0.1, 0.15) is 17.6 Å². The summed E-state index contributed by atoms with van der Waals surface area (Å²) >= 11 is 0. The minimum absolute atomic E-state index is 0.0706. The first-order valence-corrected chi connectivity index (χ1v) is 9.32. The van der Waals surface area contributed by atoms with E-state index >= 15 is 0 Å². The van der Waals surface area contributed by atoms with Gasteiger partial charge in [-0.3, -0.25) is 19.6 Å². The monoisotopic (exact) mass is 403 g/mol. The van der Waals surface area contributed by atoms with Gasteiger partial charge < -0.3 is 10.0 Å². The summed E-state index contributed by atoms with van der Waals surface area (Å²) in [4.78, 5) is 35.5. The quantitative estimate of drug-likeness (QED) is 0.409. The molecule has 30 heavy (non-hydrogen) atoms. The van der Waals surface area contributed by atoms with Gasteiger partial charge in [-0.1, -0.05) is 6.07 Å². The van der Waals surface area contributed by atoms with Crippen molar-refractivity contribution in [2.24, 2.45) is 0 Å². The highest BCUT2D eigenvalue weighted by molar-refractivity contribution is 6.46. The fraction of sp³-hybridized carbons (Fsp3) is 0.130. The molecule has 1 saturated heterocycles. The maximum Gasteiger partial charge on any atom is 0.296 e. The van der Waals surface area contributed by atoms with Crippen LogP contribution in [0, 0.1) is 12.7 Å². The van der Waals surface area contributed by atoms with Crippen molar-refractivity contribution >= 4 is 17.4 Å². The van der Waals surface area contributed by atoms with Crippen LogP contribution in [0.4, 0.5) is 4.39 Å². The van der Waals surface area contributed by atoms with Crippen LogP contribution in [0.1, 0.15) is 28.4 Å². The molecule has 3 aromatic rings. The van der Waals surface area contributed by atoms with Crippen molar-refractivity contribution in [3.8, 4) is 0 Å². The van der Waals surface area contributed by atoms with Gasteiger partial charge in [-0.05, 0) is 60.5 Å². The fourth-order valence-electron chi connectivity index (χ4n) is 3.52. The van der Waals surface area contributed by atoms with Crippen LogP contribution >= 0.6 is 0 Å². The molecule has 0 spiro atoms. The Labute approximate surface area is 172 Å². The molecule has 4 rings (SSSR count). The van der Waals surface area contributed by atoms with Crippen LogP contribution in [0.3, 0.4) is 0 Å². The number of carbonyl (C=O) groups is 2. The molecular formula is C23H18FN3O3. The third-order valence-electron chi connectivity index (χ3n) is 5.04. The minimum Gasteiger partial charge on any atom is -0.507 e. The summed E-state index contributed by atoms with van der Waals surface area (Å²) in [6.07, 6.45) is 4.76. The number of hydrogen-bond acceptors (Lipinski definition) is 5. The van der Waals surface area contributed by atoms with E-state index in [2.05, 4.69) is 9.97 Å². The number of aliphatic hydroxyl groups is 1. The summed E-state index contributed by atoms with van der Waals surface area (Å²) in [5.41, 5.74) is 1.74. The molecule has 1 amide bonds. The van der Waals surface area contributed by atoms with Gasteiger partial charge in [0.25, 0.3) is 11.7 Å². The van der Waals surface area contributed by atoms with E-state index in [1.807, 2.05) is 0 Å². The third kappa shape index (κ3) is 3.45. The Morgan fingerprint density at radius 3 is 2.53 bits per heavy atom. The molecule has 0 radical (unpaired) electrons. The number of carbonyl (C=O) groups excluding carboxylic acids is 2. The molecule has 1 N–H and O–H groups in total. The molecule has 7 heteroatoms. The van der Waals surface area contributed by atoms with Crippen LogP contribution in [0.5, 0.6) is 0 Å². The topological polar surface area (TPSA) is 83.4 Å². The largest absolute Gasteiger partial charge is 0.507 e. The van der Waals surface area contributed by atoms with Crippen molar-refractivity contribution in [2.45, 2.75) is 19.5 Å². The number of rotatable bonds is 4. The van der Waals surface area contributed by atoms with E-state index in [0.717, 1.165) is 5.56 Å². The summed E-state index contributed by atoms with van der Waals surface area (Å²) in [6.45, 7) is 1.71. The van der Waals surface area contributed by atoms with Crippen LogP contribution in [-0.2, 0) is 16.1 Å². The smallest absolute Gasteiger partial charge is 0.296 e. The number of likely N-dealkylation sites (tertiary alicyclic amines) is 1. The first-order valence-electron chi connectivity index (χ1n) is 9.32. The molecular weight excluding hydrogens is 385 g/mol. The number of amides is 1. The van der Waals surface area contributed by atoms with Gasteiger partial charge in [0.05, 0.1) is 11.3 Å². The van der Waals surface area contributed by atoms with E-state index < -0.39 is 23.5 Å². The number of hydrogen-bond donors (Lipinski definition) is 1. The van der Waals surface area contributed by atoms with Crippen molar-refractivity contribution < 1.29 is 19.1 Å². The zero-order valence-electron chi connectivity index (χ0n) is 16.1. The summed E-state index contributed by atoms with van der Waals surface area (Å²) in [7, 11) is 0. The highest BCUT2D eigenvalue weighted by atomic mass is 19.1. The second kappa shape index (κ2) is 7.87. The maximum atomic E-state index is 13.7. The van der Waals surface area contributed by atoms with E-state index in [-0.39, 0.29) is 23.4 Å². The normalized spacial score (nSPS) is 18.1. The number of benzene rings is 1. The highest BCUT2D eigenvalue weighted by Gasteiger charge is 2.46.